The Morgan fingerprint density at radius 1 is 1.00 bits per heavy atom. The van der Waals surface area contributed by atoms with Gasteiger partial charge in [-0.3, -0.25) is 9.59 Å². The maximum absolute atomic E-state index is 13.5. The molecule has 170 valence electrons. The zero-order valence-electron chi connectivity index (χ0n) is 19.2. The number of hydrogen-bond donors (Lipinski definition) is 0. The molecule has 0 unspecified atom stereocenters. The molecule has 5 nitrogen and oxygen atoms in total. The number of piperidine rings is 1. The van der Waals surface area contributed by atoms with Gasteiger partial charge in [0.15, 0.2) is 0 Å². The predicted octanol–water partition coefficient (Wildman–Crippen LogP) is 4.37. The van der Waals surface area contributed by atoms with E-state index in [9.17, 15) is 9.59 Å². The molecule has 4 rings (SSSR count). The molecular formula is C26H38N2O3. The standard InChI is InChI=1S/C26H38N2O3/c1-20(29)27-15-11-21(12-16-27)24-18-28(25(30)26(2)13-7-4-8-14-26)17-22(24)19-31-23-9-5-3-6-10-23/h3,5-6,9-10,21-22,24H,4,7-8,11-19H2,1-2H3/t22-,24-/m0/s1. The molecule has 0 spiro atoms. The lowest BCUT2D eigenvalue weighted by Gasteiger charge is -2.37. The van der Waals surface area contributed by atoms with Crippen molar-refractivity contribution in [3.05, 3.63) is 30.3 Å². The van der Waals surface area contributed by atoms with Crippen LogP contribution < -0.4 is 4.74 Å². The van der Waals surface area contributed by atoms with Gasteiger partial charge in [0.1, 0.15) is 5.75 Å². The Morgan fingerprint density at radius 2 is 1.68 bits per heavy atom. The molecule has 5 heteroatoms. The number of carbonyl (C=O) groups excluding carboxylic acids is 2. The van der Waals surface area contributed by atoms with Gasteiger partial charge in [-0.05, 0) is 49.7 Å². The first kappa shape index (κ1) is 22.2. The highest BCUT2D eigenvalue weighted by molar-refractivity contribution is 5.82. The minimum absolute atomic E-state index is 0.177. The summed E-state index contributed by atoms with van der Waals surface area (Å²) in [5.41, 5.74) is -0.185. The molecule has 2 aliphatic heterocycles. The Morgan fingerprint density at radius 3 is 2.32 bits per heavy atom. The van der Waals surface area contributed by atoms with Gasteiger partial charge in [-0.2, -0.15) is 0 Å². The molecule has 0 aromatic heterocycles. The number of carbonyl (C=O) groups is 2. The summed E-state index contributed by atoms with van der Waals surface area (Å²) in [5, 5.41) is 0. The number of likely N-dealkylation sites (tertiary alicyclic amines) is 2. The highest BCUT2D eigenvalue weighted by Gasteiger charge is 2.45. The van der Waals surface area contributed by atoms with Gasteiger partial charge in [0, 0.05) is 44.4 Å². The number of hydrogen-bond acceptors (Lipinski definition) is 3. The first-order valence-corrected chi connectivity index (χ1v) is 12.2. The van der Waals surface area contributed by atoms with Crippen LogP contribution in [-0.4, -0.2) is 54.4 Å². The van der Waals surface area contributed by atoms with Crippen LogP contribution in [0.25, 0.3) is 0 Å². The lowest BCUT2D eigenvalue weighted by atomic mass is 9.74. The summed E-state index contributed by atoms with van der Waals surface area (Å²) >= 11 is 0. The van der Waals surface area contributed by atoms with Crippen LogP contribution in [0.4, 0.5) is 0 Å². The van der Waals surface area contributed by atoms with Crippen molar-refractivity contribution in [1.82, 2.24) is 9.80 Å². The molecule has 2 saturated heterocycles. The van der Waals surface area contributed by atoms with Gasteiger partial charge in [0.2, 0.25) is 11.8 Å². The third-order valence-electron chi connectivity index (χ3n) is 8.05. The van der Waals surface area contributed by atoms with Crippen molar-refractivity contribution in [2.75, 3.05) is 32.8 Å². The smallest absolute Gasteiger partial charge is 0.228 e. The number of rotatable bonds is 5. The van der Waals surface area contributed by atoms with Crippen molar-refractivity contribution in [2.45, 2.75) is 58.8 Å². The van der Waals surface area contributed by atoms with E-state index in [-0.39, 0.29) is 11.3 Å². The Bertz CT molecular complexity index is 751. The fraction of sp³-hybridized carbons (Fsp3) is 0.692. The molecule has 2 amide bonds. The molecule has 3 fully saturated rings. The van der Waals surface area contributed by atoms with Gasteiger partial charge in [-0.1, -0.05) is 44.4 Å². The van der Waals surface area contributed by atoms with E-state index >= 15 is 0 Å². The summed E-state index contributed by atoms with van der Waals surface area (Å²) in [6, 6.07) is 10.00. The quantitative estimate of drug-likeness (QED) is 0.703. The van der Waals surface area contributed by atoms with Gasteiger partial charge in [0.25, 0.3) is 0 Å². The molecule has 2 atom stereocenters. The largest absolute Gasteiger partial charge is 0.493 e. The van der Waals surface area contributed by atoms with Crippen LogP contribution in [0.1, 0.15) is 58.8 Å². The molecule has 3 aliphatic rings. The predicted molar refractivity (Wildman–Crippen MR) is 122 cm³/mol. The highest BCUT2D eigenvalue weighted by Crippen LogP contribution is 2.42. The van der Waals surface area contributed by atoms with E-state index in [2.05, 4.69) is 11.8 Å². The Balaban J connectivity index is 1.45. The Kier molecular flexibility index (Phi) is 6.88. The number of benzene rings is 1. The van der Waals surface area contributed by atoms with Crippen LogP contribution in [0, 0.1) is 23.2 Å². The van der Waals surface area contributed by atoms with Crippen LogP contribution in [0.2, 0.25) is 0 Å². The van der Waals surface area contributed by atoms with Gasteiger partial charge in [0.05, 0.1) is 6.61 Å². The molecule has 1 saturated carbocycles. The number of para-hydroxylation sites is 1. The van der Waals surface area contributed by atoms with Crippen molar-refractivity contribution in [2.24, 2.45) is 23.2 Å². The minimum atomic E-state index is -0.185. The molecule has 0 N–H and O–H groups in total. The minimum Gasteiger partial charge on any atom is -0.493 e. The monoisotopic (exact) mass is 426 g/mol. The molecule has 0 radical (unpaired) electrons. The topological polar surface area (TPSA) is 49.9 Å². The van der Waals surface area contributed by atoms with Gasteiger partial charge in [-0.25, -0.2) is 0 Å². The second-order valence-corrected chi connectivity index (χ2v) is 10.2. The molecule has 1 aromatic carbocycles. The van der Waals surface area contributed by atoms with E-state index in [0.29, 0.717) is 30.3 Å². The van der Waals surface area contributed by atoms with E-state index < -0.39 is 0 Å². The fourth-order valence-corrected chi connectivity index (χ4v) is 6.06. The van der Waals surface area contributed by atoms with E-state index in [1.54, 1.807) is 6.92 Å². The van der Waals surface area contributed by atoms with Crippen LogP contribution >= 0.6 is 0 Å². The van der Waals surface area contributed by atoms with Crippen molar-refractivity contribution < 1.29 is 14.3 Å². The Hall–Kier alpha value is -2.04. The number of nitrogens with zero attached hydrogens (tertiary/aromatic N) is 2. The fourth-order valence-electron chi connectivity index (χ4n) is 6.06. The average molecular weight is 427 g/mol. The van der Waals surface area contributed by atoms with Crippen LogP contribution in [0.3, 0.4) is 0 Å². The van der Waals surface area contributed by atoms with Crippen LogP contribution in [0.15, 0.2) is 30.3 Å². The maximum Gasteiger partial charge on any atom is 0.228 e. The van der Waals surface area contributed by atoms with E-state index in [0.717, 1.165) is 57.6 Å². The lowest BCUT2D eigenvalue weighted by molar-refractivity contribution is -0.142. The molecule has 31 heavy (non-hydrogen) atoms. The molecule has 2 heterocycles. The third kappa shape index (κ3) is 5.07. The van der Waals surface area contributed by atoms with Crippen molar-refractivity contribution >= 4 is 11.8 Å². The maximum atomic E-state index is 13.5. The Labute approximate surface area is 187 Å². The first-order chi connectivity index (χ1) is 15.0. The zero-order valence-corrected chi connectivity index (χ0v) is 19.2. The first-order valence-electron chi connectivity index (χ1n) is 12.2. The van der Waals surface area contributed by atoms with E-state index in [1.165, 1.54) is 19.3 Å². The highest BCUT2D eigenvalue weighted by atomic mass is 16.5. The van der Waals surface area contributed by atoms with Gasteiger partial charge in [-0.15, -0.1) is 0 Å². The SMILES string of the molecule is CC(=O)N1CCC([C@@H]2CN(C(=O)C3(C)CCCCC3)C[C@H]2COc2ccccc2)CC1. The number of ether oxygens (including phenoxy) is 1. The van der Waals surface area contributed by atoms with Gasteiger partial charge >= 0.3 is 0 Å². The van der Waals surface area contributed by atoms with Crippen LogP contribution in [-0.2, 0) is 9.59 Å². The zero-order chi connectivity index (χ0) is 21.8. The molecule has 0 bridgehead atoms. The van der Waals surface area contributed by atoms with Crippen molar-refractivity contribution in [1.29, 1.82) is 0 Å². The van der Waals surface area contributed by atoms with E-state index in [4.69, 9.17) is 4.74 Å². The van der Waals surface area contributed by atoms with Crippen LogP contribution in [0.5, 0.6) is 5.75 Å². The summed E-state index contributed by atoms with van der Waals surface area (Å²) in [7, 11) is 0. The van der Waals surface area contributed by atoms with E-state index in [1.807, 2.05) is 35.2 Å². The second kappa shape index (κ2) is 9.62. The average Bonchev–Trinajstić information content (AvgIpc) is 3.22. The van der Waals surface area contributed by atoms with Crippen molar-refractivity contribution in [3.8, 4) is 5.75 Å². The lowest BCUT2D eigenvalue weighted by Crippen LogP contribution is -2.43. The molecular weight excluding hydrogens is 388 g/mol. The normalized spacial score (nSPS) is 26.6. The summed E-state index contributed by atoms with van der Waals surface area (Å²) in [5.74, 6) is 2.80. The molecule has 1 aromatic rings. The van der Waals surface area contributed by atoms with Crippen molar-refractivity contribution in [3.63, 3.8) is 0 Å². The number of amides is 2. The molecule has 1 aliphatic carbocycles. The third-order valence-corrected chi connectivity index (χ3v) is 8.05. The summed E-state index contributed by atoms with van der Waals surface area (Å²) in [6.07, 6.45) is 7.71. The second-order valence-electron chi connectivity index (χ2n) is 10.2. The summed E-state index contributed by atoms with van der Waals surface area (Å²) in [4.78, 5) is 29.4. The summed E-state index contributed by atoms with van der Waals surface area (Å²) in [6.45, 7) is 7.84. The summed E-state index contributed by atoms with van der Waals surface area (Å²) < 4.78 is 6.17. The van der Waals surface area contributed by atoms with Gasteiger partial charge < -0.3 is 14.5 Å².